The summed E-state index contributed by atoms with van der Waals surface area (Å²) in [5, 5.41) is 0. The molecule has 136 valence electrons. The second-order valence-corrected chi connectivity index (χ2v) is 8.27. The van der Waals surface area contributed by atoms with Gasteiger partial charge in [0.25, 0.3) is 0 Å². The van der Waals surface area contributed by atoms with E-state index in [1.807, 2.05) is 6.08 Å². The van der Waals surface area contributed by atoms with Crippen LogP contribution in [0.1, 0.15) is 96.8 Å². The zero-order valence-corrected chi connectivity index (χ0v) is 16.1. The number of hydrogen-bond donors (Lipinski definition) is 0. The number of fused-ring (bicyclic) bond motifs is 4. The zero-order chi connectivity index (χ0) is 17.0. The molecular weight excluding hydrogens is 288 g/mol. The summed E-state index contributed by atoms with van der Waals surface area (Å²) >= 11 is 0. The third-order valence-corrected chi connectivity index (χ3v) is 6.10. The van der Waals surface area contributed by atoms with Crippen molar-refractivity contribution >= 4 is 0 Å². The van der Waals surface area contributed by atoms with Crippen molar-refractivity contribution < 1.29 is 0 Å². The molecule has 3 atom stereocenters. The van der Waals surface area contributed by atoms with Crippen LogP contribution in [0.4, 0.5) is 0 Å². The molecule has 4 rings (SSSR count). The summed E-state index contributed by atoms with van der Waals surface area (Å²) in [7, 11) is 0. The molecule has 0 saturated heterocycles. The molecule has 0 N–H and O–H groups in total. The van der Waals surface area contributed by atoms with Crippen LogP contribution in [0.2, 0.25) is 0 Å². The topological polar surface area (TPSA) is 0 Å². The highest BCUT2D eigenvalue weighted by Crippen LogP contribution is 2.39. The Morgan fingerprint density at radius 1 is 1.00 bits per heavy atom. The van der Waals surface area contributed by atoms with Crippen molar-refractivity contribution in [2.45, 2.75) is 96.8 Å². The Morgan fingerprint density at radius 2 is 1.71 bits per heavy atom. The fraction of sp³-hybridized carbons (Fsp3) is 0.750. The molecule has 4 aliphatic rings. The van der Waals surface area contributed by atoms with E-state index in [0.717, 1.165) is 17.8 Å². The lowest BCUT2D eigenvalue weighted by Gasteiger charge is -1.98. The fourth-order valence-corrected chi connectivity index (χ4v) is 4.47. The van der Waals surface area contributed by atoms with Gasteiger partial charge in [0.05, 0.1) is 0 Å². The summed E-state index contributed by atoms with van der Waals surface area (Å²) < 4.78 is 0. The van der Waals surface area contributed by atoms with Gasteiger partial charge in [0.2, 0.25) is 0 Å². The summed E-state index contributed by atoms with van der Waals surface area (Å²) in [5.41, 5.74) is 1.74. The van der Waals surface area contributed by atoms with E-state index in [9.17, 15) is 0 Å². The standard InChI is InChI=1S/C10H20.2C7H10/c1-3-5-7-9-10-8-6-4-2;2*1-2-7-4-3-6(1)5-7/h3H,1,4-10H2,2H3;1,7H,2-5H2;1-2,6-7H,3-5H2. The molecule has 0 nitrogen and oxygen atoms in total. The molecule has 4 aliphatic carbocycles. The van der Waals surface area contributed by atoms with Gasteiger partial charge < -0.3 is 0 Å². The first-order valence-corrected chi connectivity index (χ1v) is 10.8. The van der Waals surface area contributed by atoms with Gasteiger partial charge in [-0.15, -0.1) is 6.58 Å². The summed E-state index contributed by atoms with van der Waals surface area (Å²) in [4.78, 5) is 0. The molecule has 3 unspecified atom stereocenters. The van der Waals surface area contributed by atoms with Crippen molar-refractivity contribution in [1.82, 2.24) is 0 Å². The van der Waals surface area contributed by atoms with Crippen molar-refractivity contribution in [2.24, 2.45) is 17.8 Å². The summed E-state index contributed by atoms with van der Waals surface area (Å²) in [6.07, 6.45) is 28.9. The van der Waals surface area contributed by atoms with E-state index < -0.39 is 0 Å². The third-order valence-electron chi connectivity index (χ3n) is 6.10. The van der Waals surface area contributed by atoms with Gasteiger partial charge in [-0.05, 0) is 75.5 Å². The quantitative estimate of drug-likeness (QED) is 0.328. The van der Waals surface area contributed by atoms with Crippen LogP contribution >= 0.6 is 0 Å². The number of unbranched alkanes of at least 4 members (excludes halogenated alkanes) is 6. The lowest BCUT2D eigenvalue weighted by atomic mass is 10.1. The predicted molar refractivity (Wildman–Crippen MR) is 108 cm³/mol. The Hall–Kier alpha value is -0.780. The van der Waals surface area contributed by atoms with E-state index in [-0.39, 0.29) is 0 Å². The van der Waals surface area contributed by atoms with Crippen LogP contribution in [0.25, 0.3) is 0 Å². The second-order valence-electron chi connectivity index (χ2n) is 8.27. The SMILES string of the molecule is C1=C2CCC(C1)C2.C1=CC2CCC1C2.C=CCCCCCCCC. The molecule has 0 radical (unpaired) electrons. The van der Waals surface area contributed by atoms with Crippen molar-refractivity contribution in [1.29, 1.82) is 0 Å². The lowest BCUT2D eigenvalue weighted by molar-refractivity contribution is 0.576. The van der Waals surface area contributed by atoms with Crippen molar-refractivity contribution in [3.05, 3.63) is 36.5 Å². The first-order valence-electron chi connectivity index (χ1n) is 10.8. The maximum atomic E-state index is 3.69. The molecule has 0 heteroatoms. The van der Waals surface area contributed by atoms with E-state index in [1.165, 1.54) is 89.9 Å². The van der Waals surface area contributed by atoms with E-state index in [1.54, 1.807) is 5.57 Å². The molecular formula is C24H40. The van der Waals surface area contributed by atoms with Gasteiger partial charge >= 0.3 is 0 Å². The van der Waals surface area contributed by atoms with Crippen LogP contribution in [0.3, 0.4) is 0 Å². The van der Waals surface area contributed by atoms with E-state index in [2.05, 4.69) is 31.7 Å². The van der Waals surface area contributed by atoms with Gasteiger partial charge in [-0.3, -0.25) is 0 Å². The zero-order valence-electron chi connectivity index (χ0n) is 16.1. The van der Waals surface area contributed by atoms with Crippen molar-refractivity contribution in [3.63, 3.8) is 0 Å². The second kappa shape index (κ2) is 11.7. The summed E-state index contributed by atoms with van der Waals surface area (Å²) in [6, 6.07) is 0. The summed E-state index contributed by atoms with van der Waals surface area (Å²) in [6.45, 7) is 5.95. The maximum Gasteiger partial charge on any atom is -0.0228 e. The monoisotopic (exact) mass is 328 g/mol. The average molecular weight is 329 g/mol. The van der Waals surface area contributed by atoms with Crippen molar-refractivity contribution in [2.75, 3.05) is 0 Å². The molecule has 0 heterocycles. The number of rotatable bonds is 7. The molecule has 2 fully saturated rings. The summed E-state index contributed by atoms with van der Waals surface area (Å²) in [5.74, 6) is 3.06. The molecule has 2 saturated carbocycles. The minimum atomic E-state index is 0.991. The van der Waals surface area contributed by atoms with Crippen LogP contribution < -0.4 is 0 Å². The Balaban J connectivity index is 0.000000132. The molecule has 0 aromatic carbocycles. The highest BCUT2D eigenvalue weighted by Gasteiger charge is 2.25. The Bertz CT molecular complexity index is 388. The molecule has 0 aliphatic heterocycles. The van der Waals surface area contributed by atoms with Crippen molar-refractivity contribution in [3.8, 4) is 0 Å². The highest BCUT2D eigenvalue weighted by atomic mass is 14.3. The minimum Gasteiger partial charge on any atom is -0.103 e. The molecule has 4 bridgehead atoms. The highest BCUT2D eigenvalue weighted by molar-refractivity contribution is 5.15. The Kier molecular flexibility index (Phi) is 9.54. The molecule has 0 amide bonds. The van der Waals surface area contributed by atoms with Gasteiger partial charge in [-0.2, -0.15) is 0 Å². The average Bonchev–Trinajstić information content (AvgIpc) is 3.42. The van der Waals surface area contributed by atoms with Gasteiger partial charge in [0.1, 0.15) is 0 Å². The number of hydrogen-bond acceptors (Lipinski definition) is 0. The molecule has 0 aromatic rings. The maximum absolute atomic E-state index is 3.69. The molecule has 24 heavy (non-hydrogen) atoms. The van der Waals surface area contributed by atoms with Gasteiger partial charge in [-0.1, -0.05) is 68.9 Å². The first kappa shape index (κ1) is 19.5. The van der Waals surface area contributed by atoms with Crippen LogP contribution in [0, 0.1) is 17.8 Å². The van der Waals surface area contributed by atoms with E-state index in [4.69, 9.17) is 0 Å². The molecule has 0 spiro atoms. The minimum absolute atomic E-state index is 0.991. The van der Waals surface area contributed by atoms with Crippen LogP contribution in [-0.4, -0.2) is 0 Å². The molecule has 0 aromatic heterocycles. The Morgan fingerprint density at radius 3 is 2.04 bits per heavy atom. The van der Waals surface area contributed by atoms with Crippen LogP contribution in [0.5, 0.6) is 0 Å². The normalized spacial score (nSPS) is 28.0. The smallest absolute Gasteiger partial charge is 0.0228 e. The van der Waals surface area contributed by atoms with Crippen LogP contribution in [0.15, 0.2) is 36.5 Å². The van der Waals surface area contributed by atoms with Gasteiger partial charge in [-0.25, -0.2) is 0 Å². The van der Waals surface area contributed by atoms with E-state index in [0.29, 0.717) is 0 Å². The first-order chi connectivity index (χ1) is 11.8. The Labute approximate surface area is 151 Å². The largest absolute Gasteiger partial charge is 0.103 e. The fourth-order valence-electron chi connectivity index (χ4n) is 4.47. The predicted octanol–water partition coefficient (Wildman–Crippen LogP) is 8.01. The third kappa shape index (κ3) is 7.41. The van der Waals surface area contributed by atoms with Gasteiger partial charge in [0, 0.05) is 0 Å². The van der Waals surface area contributed by atoms with Crippen LogP contribution in [-0.2, 0) is 0 Å². The van der Waals surface area contributed by atoms with E-state index >= 15 is 0 Å². The van der Waals surface area contributed by atoms with Gasteiger partial charge in [0.15, 0.2) is 0 Å². The number of allylic oxidation sites excluding steroid dienone is 5. The lowest BCUT2D eigenvalue weighted by Crippen LogP contribution is -1.85.